The van der Waals surface area contributed by atoms with Crippen molar-refractivity contribution in [2.24, 2.45) is 0 Å². The maximum absolute atomic E-state index is 5.37. The predicted octanol–water partition coefficient (Wildman–Crippen LogP) is 2.50. The molecule has 1 unspecified atom stereocenters. The van der Waals surface area contributed by atoms with Gasteiger partial charge in [0.2, 0.25) is 0 Å². The number of hydrogen-bond acceptors (Lipinski definition) is 4. The van der Waals surface area contributed by atoms with Crippen LogP contribution < -0.4 is 9.47 Å². The minimum Gasteiger partial charge on any atom is -0.496 e. The van der Waals surface area contributed by atoms with Crippen LogP contribution in [0.2, 0.25) is 0 Å². The van der Waals surface area contributed by atoms with Crippen molar-refractivity contribution in [3.8, 4) is 11.5 Å². The Morgan fingerprint density at radius 1 is 1.12 bits per heavy atom. The molecule has 0 saturated carbocycles. The van der Waals surface area contributed by atoms with Crippen LogP contribution in [-0.4, -0.2) is 33.2 Å². The topological polar surface area (TPSA) is 21.7 Å². The predicted molar refractivity (Wildman–Crippen MR) is 69.7 cm³/mol. The van der Waals surface area contributed by atoms with Crippen LogP contribution >= 0.6 is 12.6 Å². The van der Waals surface area contributed by atoms with Crippen LogP contribution in [0.5, 0.6) is 11.5 Å². The summed E-state index contributed by atoms with van der Waals surface area (Å²) in [5, 5.41) is -0.00977. The Bertz CT molecular complexity index is 366. The molecular weight excluding hydrogens is 222 g/mol. The molecular formula is C12H19NO2S. The van der Waals surface area contributed by atoms with Gasteiger partial charge in [0.25, 0.3) is 0 Å². The molecule has 0 heterocycles. The zero-order chi connectivity index (χ0) is 12.3. The maximum Gasteiger partial charge on any atom is 0.125 e. The molecule has 3 nitrogen and oxygen atoms in total. The number of ether oxygens (including phenoxy) is 2. The van der Waals surface area contributed by atoms with Crippen LogP contribution in [0.4, 0.5) is 0 Å². The third-order valence-electron chi connectivity index (χ3n) is 2.51. The van der Waals surface area contributed by atoms with Crippen molar-refractivity contribution in [2.45, 2.75) is 12.3 Å². The number of benzene rings is 1. The average Bonchev–Trinajstić information content (AvgIpc) is 2.27. The van der Waals surface area contributed by atoms with Crippen LogP contribution in [0, 0.1) is 6.92 Å². The van der Waals surface area contributed by atoms with Crippen LogP contribution in [0.15, 0.2) is 12.1 Å². The standard InChI is InChI=1S/C12H19NO2S/c1-8-6-11(15-5)9(7-10(8)14-4)12(16)13(2)3/h6-7,12,16H,1-5H3. The lowest BCUT2D eigenvalue weighted by molar-refractivity contribution is 0.361. The number of aryl methyl sites for hydroxylation is 1. The number of hydrogen-bond donors (Lipinski definition) is 1. The van der Waals surface area contributed by atoms with Gasteiger partial charge in [-0.1, -0.05) is 0 Å². The second-order valence-corrected chi connectivity index (χ2v) is 4.39. The SMILES string of the molecule is COc1cc(C(S)N(C)C)c(OC)cc1C. The smallest absolute Gasteiger partial charge is 0.125 e. The van der Waals surface area contributed by atoms with E-state index < -0.39 is 0 Å². The van der Waals surface area contributed by atoms with Crippen molar-refractivity contribution in [2.75, 3.05) is 28.3 Å². The first-order chi connectivity index (χ1) is 7.51. The Hall–Kier alpha value is -0.870. The van der Waals surface area contributed by atoms with Gasteiger partial charge in [-0.3, -0.25) is 4.90 Å². The number of methoxy groups -OCH3 is 2. The van der Waals surface area contributed by atoms with E-state index in [0.717, 1.165) is 22.6 Å². The van der Waals surface area contributed by atoms with Crippen molar-refractivity contribution in [1.82, 2.24) is 4.90 Å². The summed E-state index contributed by atoms with van der Waals surface area (Å²) in [4.78, 5) is 2.01. The van der Waals surface area contributed by atoms with E-state index in [9.17, 15) is 0 Å². The lowest BCUT2D eigenvalue weighted by Crippen LogP contribution is -2.15. The van der Waals surface area contributed by atoms with Gasteiger partial charge in [0.1, 0.15) is 11.5 Å². The molecule has 1 aromatic carbocycles. The summed E-state index contributed by atoms with van der Waals surface area (Å²) in [6, 6.07) is 3.95. The molecule has 0 spiro atoms. The number of rotatable bonds is 4. The highest BCUT2D eigenvalue weighted by Crippen LogP contribution is 2.35. The van der Waals surface area contributed by atoms with E-state index in [4.69, 9.17) is 9.47 Å². The van der Waals surface area contributed by atoms with Gasteiger partial charge >= 0.3 is 0 Å². The molecule has 0 bridgehead atoms. The fraction of sp³-hybridized carbons (Fsp3) is 0.500. The number of nitrogens with zero attached hydrogens (tertiary/aromatic N) is 1. The highest BCUT2D eigenvalue weighted by Gasteiger charge is 2.16. The monoisotopic (exact) mass is 241 g/mol. The third kappa shape index (κ3) is 2.62. The molecule has 0 saturated heterocycles. The van der Waals surface area contributed by atoms with E-state index in [1.54, 1.807) is 14.2 Å². The van der Waals surface area contributed by atoms with E-state index >= 15 is 0 Å². The Balaban J connectivity index is 3.24. The van der Waals surface area contributed by atoms with E-state index in [1.807, 2.05) is 38.1 Å². The lowest BCUT2D eigenvalue weighted by Gasteiger charge is -2.22. The minimum atomic E-state index is -0.00977. The summed E-state index contributed by atoms with van der Waals surface area (Å²) in [5.41, 5.74) is 2.07. The molecule has 0 N–H and O–H groups in total. The van der Waals surface area contributed by atoms with Crippen LogP contribution in [0.3, 0.4) is 0 Å². The van der Waals surface area contributed by atoms with Gasteiger partial charge in [-0.25, -0.2) is 0 Å². The van der Waals surface area contributed by atoms with Crippen LogP contribution in [0.1, 0.15) is 16.5 Å². The Labute approximate surface area is 103 Å². The van der Waals surface area contributed by atoms with Gasteiger partial charge in [-0.05, 0) is 38.7 Å². The molecule has 0 amide bonds. The second-order valence-electron chi connectivity index (χ2n) is 3.90. The van der Waals surface area contributed by atoms with E-state index in [0.29, 0.717) is 0 Å². The molecule has 90 valence electrons. The summed E-state index contributed by atoms with van der Waals surface area (Å²) in [5.74, 6) is 1.70. The van der Waals surface area contributed by atoms with Crippen LogP contribution in [0.25, 0.3) is 0 Å². The van der Waals surface area contributed by atoms with Crippen molar-refractivity contribution >= 4 is 12.6 Å². The third-order valence-corrected chi connectivity index (χ3v) is 3.25. The van der Waals surface area contributed by atoms with Gasteiger partial charge < -0.3 is 9.47 Å². The first-order valence-electron chi connectivity index (χ1n) is 5.08. The molecule has 0 aromatic heterocycles. The zero-order valence-electron chi connectivity index (χ0n) is 10.4. The van der Waals surface area contributed by atoms with Crippen molar-refractivity contribution in [1.29, 1.82) is 0 Å². The molecule has 1 atom stereocenters. The first kappa shape index (κ1) is 13.2. The fourth-order valence-corrected chi connectivity index (χ4v) is 1.76. The minimum absolute atomic E-state index is 0.00977. The Morgan fingerprint density at radius 3 is 2.12 bits per heavy atom. The van der Waals surface area contributed by atoms with Gasteiger partial charge in [0, 0.05) is 5.56 Å². The molecule has 0 radical (unpaired) electrons. The first-order valence-corrected chi connectivity index (χ1v) is 5.60. The van der Waals surface area contributed by atoms with Crippen molar-refractivity contribution in [3.63, 3.8) is 0 Å². The lowest BCUT2D eigenvalue weighted by atomic mass is 10.1. The van der Waals surface area contributed by atoms with Crippen LogP contribution in [-0.2, 0) is 0 Å². The molecule has 0 aliphatic rings. The van der Waals surface area contributed by atoms with Crippen molar-refractivity contribution < 1.29 is 9.47 Å². The summed E-state index contributed by atoms with van der Waals surface area (Å²) in [7, 11) is 7.29. The molecule has 1 rings (SSSR count). The molecule has 0 aliphatic heterocycles. The van der Waals surface area contributed by atoms with E-state index in [2.05, 4.69) is 12.6 Å². The second kappa shape index (κ2) is 5.46. The average molecular weight is 241 g/mol. The van der Waals surface area contributed by atoms with Gasteiger partial charge in [0.15, 0.2) is 0 Å². The molecule has 1 aromatic rings. The number of thiol groups is 1. The Morgan fingerprint density at radius 2 is 1.69 bits per heavy atom. The summed E-state index contributed by atoms with van der Waals surface area (Å²) < 4.78 is 10.7. The van der Waals surface area contributed by atoms with Gasteiger partial charge in [0.05, 0.1) is 19.6 Å². The maximum atomic E-state index is 5.37. The Kier molecular flexibility index (Phi) is 4.50. The normalized spacial score (nSPS) is 12.7. The van der Waals surface area contributed by atoms with Gasteiger partial charge in [-0.15, -0.1) is 0 Å². The molecule has 4 heteroatoms. The largest absolute Gasteiger partial charge is 0.496 e. The molecule has 16 heavy (non-hydrogen) atoms. The fourth-order valence-electron chi connectivity index (χ4n) is 1.55. The van der Waals surface area contributed by atoms with Gasteiger partial charge in [-0.2, -0.15) is 12.6 Å². The summed E-state index contributed by atoms with van der Waals surface area (Å²) >= 11 is 4.55. The quantitative estimate of drug-likeness (QED) is 0.646. The molecule has 0 fully saturated rings. The van der Waals surface area contributed by atoms with Crippen molar-refractivity contribution in [3.05, 3.63) is 23.3 Å². The highest BCUT2D eigenvalue weighted by atomic mass is 32.1. The zero-order valence-corrected chi connectivity index (χ0v) is 11.3. The highest BCUT2D eigenvalue weighted by molar-refractivity contribution is 7.80. The summed E-state index contributed by atoms with van der Waals surface area (Å²) in [6.45, 7) is 1.99. The summed E-state index contributed by atoms with van der Waals surface area (Å²) in [6.07, 6.45) is 0. The van der Waals surface area contributed by atoms with E-state index in [1.165, 1.54) is 0 Å². The van der Waals surface area contributed by atoms with E-state index in [-0.39, 0.29) is 5.37 Å². The molecule has 0 aliphatic carbocycles.